The summed E-state index contributed by atoms with van der Waals surface area (Å²) in [4.78, 5) is 0. The van der Waals surface area contributed by atoms with Crippen LogP contribution in [0.25, 0.3) is 0 Å². The highest BCUT2D eigenvalue weighted by atomic mass is 79.9. The lowest BCUT2D eigenvalue weighted by molar-refractivity contribution is 0.867. The molecule has 0 spiro atoms. The third-order valence-electron chi connectivity index (χ3n) is 3.74. The SMILES string of the molecule is [B]c1cccc(N/N=C2\CCC/C(=N\Nc3cccc(Br)c3)C2)c1. The molecule has 24 heavy (non-hydrogen) atoms. The van der Waals surface area contributed by atoms with E-state index in [1.54, 1.807) is 0 Å². The average molecular weight is 381 g/mol. The molecule has 1 aliphatic carbocycles. The first kappa shape index (κ1) is 16.8. The molecule has 0 aliphatic heterocycles. The van der Waals surface area contributed by atoms with Gasteiger partial charge in [0.05, 0.1) is 11.4 Å². The predicted octanol–water partition coefficient (Wildman–Crippen LogP) is 4.05. The normalized spacial score (nSPS) is 17.9. The molecule has 2 radical (unpaired) electrons. The second-order valence-electron chi connectivity index (χ2n) is 5.75. The molecule has 4 nitrogen and oxygen atoms in total. The fraction of sp³-hybridized carbons (Fsp3) is 0.222. The van der Waals surface area contributed by atoms with Gasteiger partial charge in [0.15, 0.2) is 0 Å². The Morgan fingerprint density at radius 1 is 0.875 bits per heavy atom. The van der Waals surface area contributed by atoms with Crippen LogP contribution in [0.3, 0.4) is 0 Å². The van der Waals surface area contributed by atoms with Crippen molar-refractivity contribution in [1.29, 1.82) is 0 Å². The van der Waals surface area contributed by atoms with E-state index in [9.17, 15) is 0 Å². The molecule has 3 rings (SSSR count). The van der Waals surface area contributed by atoms with Crippen molar-refractivity contribution in [3.63, 3.8) is 0 Å². The molecular formula is C18H18BBrN4. The molecular weight excluding hydrogens is 363 g/mol. The minimum atomic E-state index is 0.726. The molecule has 0 bridgehead atoms. The molecule has 0 unspecified atom stereocenters. The third-order valence-corrected chi connectivity index (χ3v) is 4.23. The molecule has 1 aliphatic rings. The van der Waals surface area contributed by atoms with Crippen LogP contribution in [-0.2, 0) is 0 Å². The zero-order valence-corrected chi connectivity index (χ0v) is 14.9. The average Bonchev–Trinajstić information content (AvgIpc) is 2.59. The Balaban J connectivity index is 1.61. The van der Waals surface area contributed by atoms with Gasteiger partial charge < -0.3 is 0 Å². The highest BCUT2D eigenvalue weighted by molar-refractivity contribution is 9.10. The van der Waals surface area contributed by atoms with Crippen molar-refractivity contribution in [2.24, 2.45) is 10.2 Å². The Morgan fingerprint density at radius 2 is 1.50 bits per heavy atom. The predicted molar refractivity (Wildman–Crippen MR) is 107 cm³/mol. The van der Waals surface area contributed by atoms with Gasteiger partial charge in [-0.1, -0.05) is 39.6 Å². The number of rotatable bonds is 4. The molecule has 0 aromatic heterocycles. The number of nitrogens with zero attached hydrogens (tertiary/aromatic N) is 2. The lowest BCUT2D eigenvalue weighted by Gasteiger charge is -2.16. The summed E-state index contributed by atoms with van der Waals surface area (Å²) in [6, 6.07) is 15.6. The summed E-state index contributed by atoms with van der Waals surface area (Å²) in [7, 11) is 5.78. The second kappa shape index (κ2) is 8.15. The van der Waals surface area contributed by atoms with Gasteiger partial charge in [0.2, 0.25) is 0 Å². The second-order valence-corrected chi connectivity index (χ2v) is 6.66. The van der Waals surface area contributed by atoms with E-state index in [-0.39, 0.29) is 0 Å². The van der Waals surface area contributed by atoms with Gasteiger partial charge in [-0.2, -0.15) is 10.2 Å². The first-order valence-electron chi connectivity index (χ1n) is 7.93. The van der Waals surface area contributed by atoms with Gasteiger partial charge in [-0.25, -0.2) is 0 Å². The summed E-state index contributed by atoms with van der Waals surface area (Å²) in [6.45, 7) is 0. The first-order chi connectivity index (χ1) is 11.7. The summed E-state index contributed by atoms with van der Waals surface area (Å²) in [5, 5.41) is 9.04. The molecule has 6 heteroatoms. The number of hydrogen-bond donors (Lipinski definition) is 2. The van der Waals surface area contributed by atoms with Crippen molar-refractivity contribution in [3.8, 4) is 0 Å². The van der Waals surface area contributed by atoms with Crippen molar-refractivity contribution < 1.29 is 0 Å². The van der Waals surface area contributed by atoms with Gasteiger partial charge in [0, 0.05) is 22.3 Å². The van der Waals surface area contributed by atoms with Gasteiger partial charge in [0.25, 0.3) is 0 Å². The highest BCUT2D eigenvalue weighted by Gasteiger charge is 2.13. The number of nitrogens with one attached hydrogen (secondary N) is 2. The van der Waals surface area contributed by atoms with E-state index < -0.39 is 0 Å². The van der Waals surface area contributed by atoms with Crippen molar-refractivity contribution >= 4 is 52.0 Å². The largest absolute Gasteiger partial charge is 0.279 e. The fourth-order valence-electron chi connectivity index (χ4n) is 2.55. The summed E-state index contributed by atoms with van der Waals surface area (Å²) >= 11 is 3.46. The summed E-state index contributed by atoms with van der Waals surface area (Å²) < 4.78 is 1.03. The Hall–Kier alpha value is -2.08. The number of benzene rings is 2. The molecule has 0 saturated heterocycles. The molecule has 0 atom stereocenters. The molecule has 0 amide bonds. The standard InChI is InChI=1S/C18H18BBrN4/c19-13-4-1-6-15(10-13)21-23-17-8-3-9-18(12-17)24-22-16-7-2-5-14(20)11-16/h1-2,4-7,10-11,21-22H,3,8-9,12H2/b23-17+,24-18+. The summed E-state index contributed by atoms with van der Waals surface area (Å²) in [6.07, 6.45) is 3.84. The van der Waals surface area contributed by atoms with Crippen LogP contribution < -0.4 is 16.3 Å². The van der Waals surface area contributed by atoms with Crippen LogP contribution in [0.4, 0.5) is 11.4 Å². The van der Waals surface area contributed by atoms with E-state index in [4.69, 9.17) is 7.85 Å². The lowest BCUT2D eigenvalue weighted by atomic mass is 9.96. The highest BCUT2D eigenvalue weighted by Crippen LogP contribution is 2.18. The van der Waals surface area contributed by atoms with Crippen molar-refractivity contribution in [2.45, 2.75) is 25.7 Å². The van der Waals surface area contributed by atoms with Gasteiger partial charge in [-0.3, -0.25) is 10.9 Å². The maximum atomic E-state index is 5.78. The monoisotopic (exact) mass is 380 g/mol. The number of hydrazone groups is 2. The van der Waals surface area contributed by atoms with Crippen LogP contribution in [0.15, 0.2) is 63.2 Å². The minimum absolute atomic E-state index is 0.726. The van der Waals surface area contributed by atoms with E-state index in [1.165, 1.54) is 0 Å². The van der Waals surface area contributed by atoms with Crippen molar-refractivity contribution in [2.75, 3.05) is 10.9 Å². The van der Waals surface area contributed by atoms with Crippen LogP contribution in [0.5, 0.6) is 0 Å². The van der Waals surface area contributed by atoms with Crippen LogP contribution in [0.2, 0.25) is 0 Å². The quantitative estimate of drug-likeness (QED) is 0.620. The number of hydrogen-bond acceptors (Lipinski definition) is 4. The van der Waals surface area contributed by atoms with E-state index >= 15 is 0 Å². The van der Waals surface area contributed by atoms with E-state index in [2.05, 4.69) is 37.0 Å². The van der Waals surface area contributed by atoms with Crippen LogP contribution in [-0.4, -0.2) is 19.3 Å². The van der Waals surface area contributed by atoms with Crippen LogP contribution in [0, 0.1) is 0 Å². The topological polar surface area (TPSA) is 48.8 Å². The van der Waals surface area contributed by atoms with E-state index in [0.29, 0.717) is 0 Å². The Labute approximate surface area is 152 Å². The maximum Gasteiger partial charge on any atom is 0.113 e. The van der Waals surface area contributed by atoms with Gasteiger partial charge in [-0.05, 0) is 49.6 Å². The van der Waals surface area contributed by atoms with E-state index in [1.807, 2.05) is 48.5 Å². The van der Waals surface area contributed by atoms with E-state index in [0.717, 1.165) is 58.4 Å². The maximum absolute atomic E-state index is 5.78. The zero-order valence-electron chi connectivity index (χ0n) is 13.3. The van der Waals surface area contributed by atoms with Crippen molar-refractivity contribution in [3.05, 3.63) is 53.0 Å². The molecule has 0 heterocycles. The molecule has 2 aromatic rings. The zero-order chi connectivity index (χ0) is 16.8. The number of anilines is 2. The molecule has 1 fully saturated rings. The third kappa shape index (κ3) is 4.96. The summed E-state index contributed by atoms with van der Waals surface area (Å²) in [5.74, 6) is 0. The van der Waals surface area contributed by atoms with Crippen molar-refractivity contribution in [1.82, 2.24) is 0 Å². The van der Waals surface area contributed by atoms with Crippen LogP contribution in [0.1, 0.15) is 25.7 Å². The molecule has 120 valence electrons. The smallest absolute Gasteiger partial charge is 0.113 e. The molecule has 2 aromatic carbocycles. The Bertz CT molecular complexity index is 710. The van der Waals surface area contributed by atoms with Gasteiger partial charge in [-0.15, -0.1) is 0 Å². The minimum Gasteiger partial charge on any atom is -0.279 e. The Morgan fingerprint density at radius 3 is 2.12 bits per heavy atom. The number of halogens is 1. The first-order valence-corrected chi connectivity index (χ1v) is 8.72. The fourth-order valence-corrected chi connectivity index (χ4v) is 2.95. The molecule has 1 saturated carbocycles. The van der Waals surface area contributed by atoms with Crippen LogP contribution >= 0.6 is 15.9 Å². The van der Waals surface area contributed by atoms with Gasteiger partial charge in [0.1, 0.15) is 7.85 Å². The van der Waals surface area contributed by atoms with Gasteiger partial charge >= 0.3 is 0 Å². The summed E-state index contributed by atoms with van der Waals surface area (Å²) in [5.41, 5.74) is 11.0. The molecule has 2 N–H and O–H groups in total. The lowest BCUT2D eigenvalue weighted by Crippen LogP contribution is -2.17. The Kier molecular flexibility index (Phi) is 5.70.